The highest BCUT2D eigenvalue weighted by molar-refractivity contribution is 9.10. The average molecular weight is 307 g/mol. The third kappa shape index (κ3) is 1.99. The van der Waals surface area contributed by atoms with E-state index < -0.39 is 0 Å². The summed E-state index contributed by atoms with van der Waals surface area (Å²) in [5.41, 5.74) is 3.52. The number of nitrogens with zero attached hydrogens (tertiary/aromatic N) is 2. The lowest BCUT2D eigenvalue weighted by molar-refractivity contribution is 0.132. The van der Waals surface area contributed by atoms with Crippen molar-refractivity contribution < 1.29 is 5.11 Å². The summed E-state index contributed by atoms with van der Waals surface area (Å²) in [5.74, 6) is 0.944. The molecule has 2 aromatic rings. The summed E-state index contributed by atoms with van der Waals surface area (Å²) in [7, 11) is 0. The van der Waals surface area contributed by atoms with Crippen LogP contribution in [0.5, 0.6) is 0 Å². The Labute approximate surface area is 115 Å². The van der Waals surface area contributed by atoms with Gasteiger partial charge in [-0.15, -0.1) is 0 Å². The summed E-state index contributed by atoms with van der Waals surface area (Å²) in [5, 5.41) is 9.83. The summed E-state index contributed by atoms with van der Waals surface area (Å²) in [6, 6.07) is 8.31. The van der Waals surface area contributed by atoms with Gasteiger partial charge in [0.25, 0.3) is 0 Å². The molecule has 1 atom stereocenters. The van der Waals surface area contributed by atoms with Crippen molar-refractivity contribution in [3.8, 4) is 11.4 Å². The van der Waals surface area contributed by atoms with E-state index in [1.54, 1.807) is 0 Å². The van der Waals surface area contributed by atoms with Crippen LogP contribution in [0.4, 0.5) is 0 Å². The Morgan fingerprint density at radius 2 is 2.28 bits per heavy atom. The second-order valence-electron chi connectivity index (χ2n) is 4.85. The fraction of sp³-hybridized carbons (Fsp3) is 0.357. The van der Waals surface area contributed by atoms with E-state index in [1.165, 1.54) is 11.3 Å². The molecule has 0 saturated heterocycles. The second kappa shape index (κ2) is 4.52. The first-order chi connectivity index (χ1) is 8.65. The highest BCUT2D eigenvalue weighted by atomic mass is 79.9. The molecular weight excluding hydrogens is 292 g/mol. The summed E-state index contributed by atoms with van der Waals surface area (Å²) < 4.78 is 3.04. The smallest absolute Gasteiger partial charge is 0.141 e. The number of rotatable bonds is 1. The molecular formula is C14H15BrN2O. The Morgan fingerprint density at radius 3 is 3.06 bits per heavy atom. The van der Waals surface area contributed by atoms with Gasteiger partial charge in [-0.2, -0.15) is 0 Å². The minimum Gasteiger partial charge on any atom is -0.391 e. The van der Waals surface area contributed by atoms with Gasteiger partial charge in [-0.3, -0.25) is 0 Å². The van der Waals surface area contributed by atoms with Gasteiger partial charge in [-0.05, 0) is 41.8 Å². The molecule has 0 amide bonds. The monoisotopic (exact) mass is 306 g/mol. The molecule has 1 unspecified atom stereocenters. The van der Waals surface area contributed by atoms with E-state index in [9.17, 15) is 5.11 Å². The van der Waals surface area contributed by atoms with Crippen molar-refractivity contribution in [2.24, 2.45) is 0 Å². The van der Waals surface area contributed by atoms with E-state index in [0.717, 1.165) is 28.8 Å². The number of imidazole rings is 1. The predicted molar refractivity (Wildman–Crippen MR) is 74.4 cm³/mol. The number of fused-ring (bicyclic) bond motifs is 1. The SMILES string of the molecule is Cc1cccc(-c2nc(Br)c3n2CC(O)CC3)c1. The molecule has 1 aliphatic heterocycles. The molecule has 0 radical (unpaired) electrons. The van der Waals surface area contributed by atoms with Gasteiger partial charge in [0, 0.05) is 5.56 Å². The summed E-state index contributed by atoms with van der Waals surface area (Å²) in [4.78, 5) is 4.61. The van der Waals surface area contributed by atoms with E-state index in [0.29, 0.717) is 6.54 Å². The number of benzene rings is 1. The maximum absolute atomic E-state index is 9.83. The number of aromatic nitrogens is 2. The zero-order valence-corrected chi connectivity index (χ0v) is 11.8. The van der Waals surface area contributed by atoms with Crippen LogP contribution in [-0.4, -0.2) is 20.8 Å². The molecule has 3 nitrogen and oxygen atoms in total. The Bertz CT molecular complexity index is 591. The van der Waals surface area contributed by atoms with Gasteiger partial charge >= 0.3 is 0 Å². The van der Waals surface area contributed by atoms with Crippen LogP contribution in [0.3, 0.4) is 0 Å². The first-order valence-corrected chi connectivity index (χ1v) is 6.94. The summed E-state index contributed by atoms with van der Waals surface area (Å²) in [6.45, 7) is 2.71. The molecule has 1 aliphatic rings. The van der Waals surface area contributed by atoms with Crippen LogP contribution in [0, 0.1) is 6.92 Å². The van der Waals surface area contributed by atoms with Gasteiger partial charge in [0.1, 0.15) is 10.4 Å². The van der Waals surface area contributed by atoms with Gasteiger partial charge in [0.15, 0.2) is 0 Å². The molecule has 94 valence electrons. The normalized spacial score (nSPS) is 18.7. The van der Waals surface area contributed by atoms with Crippen molar-refractivity contribution in [2.45, 2.75) is 32.4 Å². The lowest BCUT2D eigenvalue weighted by atomic mass is 10.1. The zero-order chi connectivity index (χ0) is 12.7. The molecule has 18 heavy (non-hydrogen) atoms. The van der Waals surface area contributed by atoms with E-state index in [-0.39, 0.29) is 6.10 Å². The van der Waals surface area contributed by atoms with Gasteiger partial charge < -0.3 is 9.67 Å². The molecule has 2 heterocycles. The van der Waals surface area contributed by atoms with Gasteiger partial charge in [0.05, 0.1) is 18.3 Å². The summed E-state index contributed by atoms with van der Waals surface area (Å²) >= 11 is 3.53. The molecule has 4 heteroatoms. The molecule has 1 aromatic heterocycles. The van der Waals surface area contributed by atoms with Crippen molar-refractivity contribution in [1.82, 2.24) is 9.55 Å². The molecule has 0 bridgehead atoms. The topological polar surface area (TPSA) is 38.0 Å². The number of hydrogen-bond donors (Lipinski definition) is 1. The molecule has 3 rings (SSSR count). The molecule has 1 N–H and O–H groups in total. The van der Waals surface area contributed by atoms with Crippen LogP contribution in [-0.2, 0) is 13.0 Å². The third-order valence-corrected chi connectivity index (χ3v) is 4.04. The Hall–Kier alpha value is -1.13. The van der Waals surface area contributed by atoms with Crippen LogP contribution in [0.2, 0.25) is 0 Å². The van der Waals surface area contributed by atoms with Crippen LogP contribution < -0.4 is 0 Å². The number of aryl methyl sites for hydroxylation is 1. The van der Waals surface area contributed by atoms with Crippen LogP contribution in [0.25, 0.3) is 11.4 Å². The summed E-state index contributed by atoms with van der Waals surface area (Å²) in [6.07, 6.45) is 1.43. The van der Waals surface area contributed by atoms with E-state index >= 15 is 0 Å². The Morgan fingerprint density at radius 1 is 1.44 bits per heavy atom. The fourth-order valence-corrected chi connectivity index (χ4v) is 3.08. The Kier molecular flexibility index (Phi) is 2.99. The van der Waals surface area contributed by atoms with Crippen LogP contribution in [0.1, 0.15) is 17.7 Å². The molecule has 0 aliphatic carbocycles. The molecule has 0 fully saturated rings. The largest absolute Gasteiger partial charge is 0.391 e. The number of hydrogen-bond acceptors (Lipinski definition) is 2. The maximum Gasteiger partial charge on any atom is 0.141 e. The van der Waals surface area contributed by atoms with E-state index in [4.69, 9.17) is 0 Å². The van der Waals surface area contributed by atoms with Crippen molar-refractivity contribution >= 4 is 15.9 Å². The van der Waals surface area contributed by atoms with E-state index in [2.05, 4.69) is 50.6 Å². The quantitative estimate of drug-likeness (QED) is 0.879. The minimum atomic E-state index is -0.262. The maximum atomic E-state index is 9.83. The lowest BCUT2D eigenvalue weighted by Crippen LogP contribution is -2.24. The van der Waals surface area contributed by atoms with E-state index in [1.807, 2.05) is 6.07 Å². The number of halogens is 1. The first-order valence-electron chi connectivity index (χ1n) is 6.15. The van der Waals surface area contributed by atoms with Crippen molar-refractivity contribution in [2.75, 3.05) is 0 Å². The molecule has 1 aromatic carbocycles. The first kappa shape index (κ1) is 11.9. The van der Waals surface area contributed by atoms with Crippen molar-refractivity contribution in [1.29, 1.82) is 0 Å². The number of aliphatic hydroxyl groups excluding tert-OH is 1. The van der Waals surface area contributed by atoms with Crippen LogP contribution >= 0.6 is 15.9 Å². The van der Waals surface area contributed by atoms with Crippen molar-refractivity contribution in [3.05, 3.63) is 40.1 Å². The lowest BCUT2D eigenvalue weighted by Gasteiger charge is -2.21. The fourth-order valence-electron chi connectivity index (χ4n) is 2.50. The average Bonchev–Trinajstić information content (AvgIpc) is 2.66. The third-order valence-electron chi connectivity index (χ3n) is 3.41. The Balaban J connectivity index is 2.13. The molecule has 0 saturated carbocycles. The minimum absolute atomic E-state index is 0.262. The van der Waals surface area contributed by atoms with Crippen molar-refractivity contribution in [3.63, 3.8) is 0 Å². The predicted octanol–water partition coefficient (Wildman–Crippen LogP) is 2.93. The van der Waals surface area contributed by atoms with Gasteiger partial charge in [-0.25, -0.2) is 4.98 Å². The highest BCUT2D eigenvalue weighted by Gasteiger charge is 2.23. The number of aliphatic hydroxyl groups is 1. The second-order valence-corrected chi connectivity index (χ2v) is 5.60. The van der Waals surface area contributed by atoms with Gasteiger partial charge in [-0.1, -0.05) is 23.8 Å². The standard InChI is InChI=1S/C14H15BrN2O/c1-9-3-2-4-10(7-9)14-16-13(15)12-6-5-11(18)8-17(12)14/h2-4,7,11,18H,5-6,8H2,1H3. The van der Waals surface area contributed by atoms with Gasteiger partial charge in [0.2, 0.25) is 0 Å². The highest BCUT2D eigenvalue weighted by Crippen LogP contribution is 2.30. The zero-order valence-electron chi connectivity index (χ0n) is 10.2. The molecule has 0 spiro atoms. The van der Waals surface area contributed by atoms with Crippen LogP contribution in [0.15, 0.2) is 28.9 Å².